The number of aromatic nitrogens is 3. The molecule has 0 radical (unpaired) electrons. The van der Waals surface area contributed by atoms with Crippen LogP contribution in [0, 0.1) is 0 Å². The van der Waals surface area contributed by atoms with E-state index in [0.717, 1.165) is 24.4 Å². The van der Waals surface area contributed by atoms with Crippen LogP contribution in [0.1, 0.15) is 37.2 Å². The molecule has 1 aliphatic rings. The van der Waals surface area contributed by atoms with Crippen molar-refractivity contribution in [1.82, 2.24) is 18.8 Å². The summed E-state index contributed by atoms with van der Waals surface area (Å²) in [5.74, 6) is 1.51. The predicted molar refractivity (Wildman–Crippen MR) is 88.6 cm³/mol. The van der Waals surface area contributed by atoms with Crippen LogP contribution in [0.2, 0.25) is 0 Å². The molecule has 0 N–H and O–H groups in total. The van der Waals surface area contributed by atoms with E-state index < -0.39 is 10.0 Å². The zero-order valence-corrected chi connectivity index (χ0v) is 14.1. The molecule has 6 nitrogen and oxygen atoms in total. The lowest BCUT2D eigenvalue weighted by Crippen LogP contribution is -2.39. The lowest BCUT2D eigenvalue weighted by molar-refractivity contribution is 0.310. The van der Waals surface area contributed by atoms with Crippen molar-refractivity contribution in [3.63, 3.8) is 0 Å². The average Bonchev–Trinajstić information content (AvgIpc) is 3.04. The van der Waals surface area contributed by atoms with E-state index in [4.69, 9.17) is 0 Å². The number of pyridine rings is 1. The van der Waals surface area contributed by atoms with Gasteiger partial charge in [0.1, 0.15) is 5.82 Å². The van der Waals surface area contributed by atoms with Crippen molar-refractivity contribution in [3.8, 4) is 0 Å². The number of hydrogen-bond acceptors (Lipinski definition) is 4. The molecular weight excluding hydrogens is 312 g/mol. The molecule has 0 spiro atoms. The maximum Gasteiger partial charge on any atom is 0.213 e. The van der Waals surface area contributed by atoms with Gasteiger partial charge in [0.2, 0.25) is 10.0 Å². The molecule has 2 aromatic rings. The third-order valence-corrected chi connectivity index (χ3v) is 6.26. The minimum absolute atomic E-state index is 0.173. The summed E-state index contributed by atoms with van der Waals surface area (Å²) in [6.45, 7) is 3.55. The third-order valence-electron chi connectivity index (χ3n) is 4.38. The molecule has 2 aromatic heterocycles. The molecule has 1 aliphatic heterocycles. The molecule has 0 unspecified atom stereocenters. The van der Waals surface area contributed by atoms with Crippen LogP contribution in [-0.2, 0) is 16.6 Å². The van der Waals surface area contributed by atoms with E-state index >= 15 is 0 Å². The van der Waals surface area contributed by atoms with Crippen molar-refractivity contribution >= 4 is 10.0 Å². The van der Waals surface area contributed by atoms with Crippen LogP contribution in [0.5, 0.6) is 0 Å². The molecule has 0 bridgehead atoms. The molecule has 0 atom stereocenters. The summed E-state index contributed by atoms with van der Waals surface area (Å²) in [7, 11) is -3.08. The first-order valence-corrected chi connectivity index (χ1v) is 9.60. The first-order chi connectivity index (χ1) is 11.1. The van der Waals surface area contributed by atoms with Crippen LogP contribution in [0.15, 0.2) is 36.8 Å². The van der Waals surface area contributed by atoms with E-state index in [0.29, 0.717) is 25.6 Å². The summed E-state index contributed by atoms with van der Waals surface area (Å²) in [6, 6.07) is 5.88. The quantitative estimate of drug-likeness (QED) is 0.837. The van der Waals surface area contributed by atoms with Crippen molar-refractivity contribution in [2.24, 2.45) is 0 Å². The summed E-state index contributed by atoms with van der Waals surface area (Å²) >= 11 is 0. The van der Waals surface area contributed by atoms with Gasteiger partial charge in [-0.1, -0.05) is 6.07 Å². The van der Waals surface area contributed by atoms with Crippen molar-refractivity contribution in [3.05, 3.63) is 48.3 Å². The minimum atomic E-state index is -3.08. The summed E-state index contributed by atoms with van der Waals surface area (Å²) in [5.41, 5.74) is 0.998. The molecule has 23 heavy (non-hydrogen) atoms. The second kappa shape index (κ2) is 6.80. The highest BCUT2D eigenvalue weighted by atomic mass is 32.2. The van der Waals surface area contributed by atoms with Gasteiger partial charge in [-0.2, -0.15) is 0 Å². The smallest absolute Gasteiger partial charge is 0.213 e. The molecule has 124 valence electrons. The zero-order valence-electron chi connectivity index (χ0n) is 13.3. The van der Waals surface area contributed by atoms with Gasteiger partial charge in [0.15, 0.2) is 0 Å². The third kappa shape index (κ3) is 3.61. The molecule has 0 saturated carbocycles. The Labute approximate surface area is 137 Å². The summed E-state index contributed by atoms with van der Waals surface area (Å²) < 4.78 is 27.6. The number of imidazole rings is 1. The highest BCUT2D eigenvalue weighted by molar-refractivity contribution is 7.89. The lowest BCUT2D eigenvalue weighted by Gasteiger charge is -2.30. The predicted octanol–water partition coefficient (Wildman–Crippen LogP) is 1.86. The fourth-order valence-electron chi connectivity index (χ4n) is 3.06. The monoisotopic (exact) mass is 334 g/mol. The Kier molecular flexibility index (Phi) is 4.77. The van der Waals surface area contributed by atoms with E-state index in [-0.39, 0.29) is 5.75 Å². The van der Waals surface area contributed by atoms with E-state index in [9.17, 15) is 8.42 Å². The molecule has 0 aliphatic carbocycles. The standard InChI is InChI=1S/C16H22N4O2S/c1-2-23(21,22)20-10-6-14(7-11-20)16-18-9-12-19(16)13-15-5-3-4-8-17-15/h3-5,8-9,12,14H,2,6-7,10-11,13H2,1H3. The number of hydrogen-bond donors (Lipinski definition) is 0. The summed E-state index contributed by atoms with van der Waals surface area (Å²) in [4.78, 5) is 8.87. The van der Waals surface area contributed by atoms with E-state index in [2.05, 4.69) is 14.5 Å². The first kappa shape index (κ1) is 16.1. The molecule has 3 heterocycles. The van der Waals surface area contributed by atoms with Gasteiger partial charge in [0.05, 0.1) is 18.0 Å². The van der Waals surface area contributed by atoms with Gasteiger partial charge in [0, 0.05) is 37.6 Å². The molecular formula is C16H22N4O2S. The average molecular weight is 334 g/mol. The number of rotatable bonds is 5. The maximum absolute atomic E-state index is 12.0. The topological polar surface area (TPSA) is 68.1 Å². The Morgan fingerprint density at radius 1 is 1.17 bits per heavy atom. The molecule has 3 rings (SSSR count). The molecule has 0 amide bonds. The number of sulfonamides is 1. The van der Waals surface area contributed by atoms with Crippen molar-refractivity contribution in [1.29, 1.82) is 0 Å². The normalized spacial score (nSPS) is 17.4. The van der Waals surface area contributed by atoms with Crippen LogP contribution in [0.4, 0.5) is 0 Å². The van der Waals surface area contributed by atoms with Gasteiger partial charge >= 0.3 is 0 Å². The number of nitrogens with zero attached hydrogens (tertiary/aromatic N) is 4. The van der Waals surface area contributed by atoms with Crippen LogP contribution in [0.25, 0.3) is 0 Å². The van der Waals surface area contributed by atoms with Crippen LogP contribution in [-0.4, -0.2) is 46.1 Å². The van der Waals surface area contributed by atoms with Crippen molar-refractivity contribution < 1.29 is 8.42 Å². The summed E-state index contributed by atoms with van der Waals surface area (Å²) in [6.07, 6.45) is 7.21. The van der Waals surface area contributed by atoms with E-state index in [1.807, 2.05) is 30.6 Å². The Bertz CT molecular complexity index is 734. The van der Waals surface area contributed by atoms with Gasteiger partial charge in [-0.15, -0.1) is 0 Å². The SMILES string of the molecule is CCS(=O)(=O)N1CCC(c2nccn2Cc2ccccn2)CC1. The Morgan fingerprint density at radius 2 is 1.96 bits per heavy atom. The Hall–Kier alpha value is -1.73. The van der Waals surface area contributed by atoms with Gasteiger partial charge in [-0.3, -0.25) is 4.98 Å². The van der Waals surface area contributed by atoms with E-state index in [1.165, 1.54) is 0 Å². The highest BCUT2D eigenvalue weighted by Crippen LogP contribution is 2.28. The zero-order chi connectivity index (χ0) is 16.3. The van der Waals surface area contributed by atoms with Gasteiger partial charge in [-0.05, 0) is 31.9 Å². The minimum Gasteiger partial charge on any atom is -0.329 e. The second-order valence-corrected chi connectivity index (χ2v) is 8.07. The maximum atomic E-state index is 12.0. The summed E-state index contributed by atoms with van der Waals surface area (Å²) in [5, 5.41) is 0. The second-order valence-electron chi connectivity index (χ2n) is 5.81. The largest absolute Gasteiger partial charge is 0.329 e. The molecule has 1 fully saturated rings. The molecule has 0 aromatic carbocycles. The van der Waals surface area contributed by atoms with Crippen LogP contribution < -0.4 is 0 Å². The fraction of sp³-hybridized carbons (Fsp3) is 0.500. The Morgan fingerprint density at radius 3 is 2.61 bits per heavy atom. The molecule has 1 saturated heterocycles. The van der Waals surface area contributed by atoms with Crippen molar-refractivity contribution in [2.45, 2.75) is 32.2 Å². The lowest BCUT2D eigenvalue weighted by atomic mass is 9.97. The van der Waals surface area contributed by atoms with Crippen LogP contribution in [0.3, 0.4) is 0 Å². The fourth-order valence-corrected chi connectivity index (χ4v) is 4.19. The Balaban J connectivity index is 1.69. The van der Waals surface area contributed by atoms with E-state index in [1.54, 1.807) is 17.4 Å². The number of piperidine rings is 1. The van der Waals surface area contributed by atoms with Gasteiger partial charge in [-0.25, -0.2) is 17.7 Å². The highest BCUT2D eigenvalue weighted by Gasteiger charge is 2.29. The molecule has 7 heteroatoms. The van der Waals surface area contributed by atoms with Gasteiger partial charge in [0.25, 0.3) is 0 Å². The van der Waals surface area contributed by atoms with Crippen molar-refractivity contribution in [2.75, 3.05) is 18.8 Å². The first-order valence-electron chi connectivity index (χ1n) is 7.99. The van der Waals surface area contributed by atoms with Crippen LogP contribution >= 0.6 is 0 Å². The van der Waals surface area contributed by atoms with Gasteiger partial charge < -0.3 is 4.57 Å².